The van der Waals surface area contributed by atoms with Crippen molar-refractivity contribution in [3.05, 3.63) is 94.6 Å². The fourth-order valence-corrected chi connectivity index (χ4v) is 4.60. The predicted molar refractivity (Wildman–Crippen MR) is 142 cm³/mol. The van der Waals surface area contributed by atoms with E-state index in [0.29, 0.717) is 35.0 Å². The van der Waals surface area contributed by atoms with E-state index in [1.54, 1.807) is 36.4 Å². The standard InChI is InChI=1S/C30H31NO7/c1-19-17-21(13-14-23(19)38-18-20-9-6-5-7-10-20)27(32)25-26(31(15-16-35-2)30(34)28(25)33)22-11-8-12-24(36-3)29(22)37-4/h5-14,17,26,32H,15-16,18H2,1-4H3/b27-25+. The Morgan fingerprint density at radius 2 is 1.68 bits per heavy atom. The summed E-state index contributed by atoms with van der Waals surface area (Å²) in [5.41, 5.74) is 2.68. The number of nitrogens with zero attached hydrogens (tertiary/aromatic N) is 1. The van der Waals surface area contributed by atoms with Crippen LogP contribution in [0.25, 0.3) is 5.76 Å². The molecule has 1 amide bonds. The maximum absolute atomic E-state index is 13.3. The van der Waals surface area contributed by atoms with Gasteiger partial charge in [0.1, 0.15) is 18.1 Å². The molecule has 1 unspecified atom stereocenters. The molecule has 3 aromatic rings. The summed E-state index contributed by atoms with van der Waals surface area (Å²) in [7, 11) is 4.51. The number of hydrogen-bond donors (Lipinski definition) is 1. The van der Waals surface area contributed by atoms with Crippen LogP contribution >= 0.6 is 0 Å². The van der Waals surface area contributed by atoms with Gasteiger partial charge in [-0.1, -0.05) is 42.5 Å². The smallest absolute Gasteiger partial charge is 0.295 e. The van der Waals surface area contributed by atoms with E-state index in [1.807, 2.05) is 37.3 Å². The van der Waals surface area contributed by atoms with Crippen LogP contribution in [0.3, 0.4) is 0 Å². The van der Waals surface area contributed by atoms with Crippen molar-refractivity contribution in [1.82, 2.24) is 4.90 Å². The number of aryl methyl sites for hydroxylation is 1. The van der Waals surface area contributed by atoms with Crippen LogP contribution in [0.4, 0.5) is 0 Å². The zero-order valence-corrected chi connectivity index (χ0v) is 21.9. The molecule has 1 atom stereocenters. The van der Waals surface area contributed by atoms with Gasteiger partial charge in [0.25, 0.3) is 11.7 Å². The van der Waals surface area contributed by atoms with E-state index in [1.165, 1.54) is 26.2 Å². The highest BCUT2D eigenvalue weighted by Crippen LogP contribution is 2.45. The second-order valence-electron chi connectivity index (χ2n) is 8.82. The Kier molecular flexibility index (Phi) is 8.33. The molecule has 1 fully saturated rings. The van der Waals surface area contributed by atoms with Crippen molar-refractivity contribution >= 4 is 17.4 Å². The van der Waals surface area contributed by atoms with Crippen molar-refractivity contribution in [2.75, 3.05) is 34.5 Å². The highest BCUT2D eigenvalue weighted by Gasteiger charge is 2.47. The Balaban J connectivity index is 1.76. The summed E-state index contributed by atoms with van der Waals surface area (Å²) in [6.07, 6.45) is 0. The van der Waals surface area contributed by atoms with E-state index in [4.69, 9.17) is 18.9 Å². The molecule has 1 saturated heterocycles. The van der Waals surface area contributed by atoms with Crippen molar-refractivity contribution in [2.45, 2.75) is 19.6 Å². The van der Waals surface area contributed by atoms with Crippen molar-refractivity contribution in [3.8, 4) is 17.2 Å². The Bertz CT molecular complexity index is 1350. The largest absolute Gasteiger partial charge is 0.507 e. The number of carbonyl (C=O) groups excluding carboxylic acids is 2. The van der Waals surface area contributed by atoms with Gasteiger partial charge in [0.05, 0.1) is 32.4 Å². The number of amides is 1. The molecule has 0 aromatic heterocycles. The lowest BCUT2D eigenvalue weighted by Gasteiger charge is -2.27. The third kappa shape index (κ3) is 5.21. The Morgan fingerprint density at radius 1 is 0.921 bits per heavy atom. The summed E-state index contributed by atoms with van der Waals surface area (Å²) in [6, 6.07) is 19.3. The third-order valence-corrected chi connectivity index (χ3v) is 6.49. The number of benzene rings is 3. The van der Waals surface area contributed by atoms with Crippen LogP contribution in [0, 0.1) is 6.92 Å². The molecular formula is C30H31NO7. The van der Waals surface area contributed by atoms with Crippen LogP contribution in [0.15, 0.2) is 72.3 Å². The van der Waals surface area contributed by atoms with E-state index < -0.39 is 17.7 Å². The number of rotatable bonds is 10. The minimum Gasteiger partial charge on any atom is -0.507 e. The van der Waals surface area contributed by atoms with Gasteiger partial charge in [-0.25, -0.2) is 0 Å². The fraction of sp³-hybridized carbons (Fsp3) is 0.267. The van der Waals surface area contributed by atoms with Crippen LogP contribution in [0.5, 0.6) is 17.2 Å². The monoisotopic (exact) mass is 517 g/mol. The molecule has 4 rings (SSSR count). The maximum Gasteiger partial charge on any atom is 0.295 e. The number of aliphatic hydroxyl groups excluding tert-OH is 1. The van der Waals surface area contributed by atoms with Crippen LogP contribution in [0.1, 0.15) is 28.3 Å². The van der Waals surface area contributed by atoms with Crippen LogP contribution in [-0.2, 0) is 20.9 Å². The molecule has 1 heterocycles. The predicted octanol–water partition coefficient (Wildman–Crippen LogP) is 4.66. The Hall–Kier alpha value is -4.30. The quantitative estimate of drug-likeness (QED) is 0.237. The number of Topliss-reactive ketones (excluding diaryl/α,β-unsaturated/α-hetero) is 1. The summed E-state index contributed by atoms with van der Waals surface area (Å²) in [4.78, 5) is 27.8. The first-order valence-corrected chi connectivity index (χ1v) is 12.2. The van der Waals surface area contributed by atoms with Gasteiger partial charge in [-0.3, -0.25) is 9.59 Å². The van der Waals surface area contributed by atoms with Gasteiger partial charge in [0.2, 0.25) is 0 Å². The normalized spacial score (nSPS) is 16.5. The van der Waals surface area contributed by atoms with E-state index in [2.05, 4.69) is 0 Å². The molecule has 198 valence electrons. The van der Waals surface area contributed by atoms with Gasteiger partial charge >= 0.3 is 0 Å². The third-order valence-electron chi connectivity index (χ3n) is 6.49. The number of ketones is 1. The van der Waals surface area contributed by atoms with Crippen molar-refractivity contribution < 1.29 is 33.6 Å². The van der Waals surface area contributed by atoms with E-state index >= 15 is 0 Å². The number of carbonyl (C=O) groups is 2. The molecule has 0 radical (unpaired) electrons. The van der Waals surface area contributed by atoms with Gasteiger partial charge in [0.15, 0.2) is 11.5 Å². The molecule has 8 heteroatoms. The average Bonchev–Trinajstić information content (AvgIpc) is 3.19. The van der Waals surface area contributed by atoms with Crippen LogP contribution < -0.4 is 14.2 Å². The van der Waals surface area contributed by atoms with Crippen LogP contribution in [0.2, 0.25) is 0 Å². The molecular weight excluding hydrogens is 486 g/mol. The van der Waals surface area contributed by atoms with Gasteiger partial charge < -0.3 is 29.0 Å². The minimum absolute atomic E-state index is 0.0324. The first-order chi connectivity index (χ1) is 18.4. The molecule has 0 aliphatic carbocycles. The van der Waals surface area contributed by atoms with E-state index in [-0.39, 0.29) is 24.5 Å². The van der Waals surface area contributed by atoms with Crippen LogP contribution in [-0.4, -0.2) is 56.2 Å². The molecule has 3 aromatic carbocycles. The van der Waals surface area contributed by atoms with E-state index in [9.17, 15) is 14.7 Å². The summed E-state index contributed by atoms with van der Waals surface area (Å²) in [5, 5.41) is 11.4. The topological polar surface area (TPSA) is 94.5 Å². The molecule has 8 nitrogen and oxygen atoms in total. The van der Waals surface area contributed by atoms with Gasteiger partial charge in [-0.05, 0) is 42.3 Å². The molecule has 1 N–H and O–H groups in total. The lowest BCUT2D eigenvalue weighted by Crippen LogP contribution is -2.32. The van der Waals surface area contributed by atoms with Crippen molar-refractivity contribution in [2.24, 2.45) is 0 Å². The Labute approximate surface area is 222 Å². The lowest BCUT2D eigenvalue weighted by molar-refractivity contribution is -0.140. The number of para-hydroxylation sites is 1. The maximum atomic E-state index is 13.3. The average molecular weight is 518 g/mol. The van der Waals surface area contributed by atoms with E-state index in [0.717, 1.165) is 11.1 Å². The van der Waals surface area contributed by atoms with Crippen molar-refractivity contribution in [3.63, 3.8) is 0 Å². The lowest BCUT2D eigenvalue weighted by atomic mass is 9.94. The molecule has 0 saturated carbocycles. The highest BCUT2D eigenvalue weighted by atomic mass is 16.5. The molecule has 1 aliphatic rings. The molecule has 0 spiro atoms. The first kappa shape index (κ1) is 26.8. The second-order valence-corrected chi connectivity index (χ2v) is 8.82. The number of likely N-dealkylation sites (tertiary alicyclic amines) is 1. The number of hydrogen-bond acceptors (Lipinski definition) is 7. The van der Waals surface area contributed by atoms with Gasteiger partial charge in [-0.15, -0.1) is 0 Å². The fourth-order valence-electron chi connectivity index (χ4n) is 4.60. The number of ether oxygens (including phenoxy) is 4. The summed E-state index contributed by atoms with van der Waals surface area (Å²) >= 11 is 0. The first-order valence-electron chi connectivity index (χ1n) is 12.2. The minimum atomic E-state index is -0.899. The molecule has 0 bridgehead atoms. The van der Waals surface area contributed by atoms with Gasteiger partial charge in [-0.2, -0.15) is 0 Å². The second kappa shape index (κ2) is 11.8. The molecule has 38 heavy (non-hydrogen) atoms. The number of aliphatic hydroxyl groups is 1. The zero-order valence-electron chi connectivity index (χ0n) is 21.9. The van der Waals surface area contributed by atoms with Gasteiger partial charge in [0, 0.05) is 24.8 Å². The summed E-state index contributed by atoms with van der Waals surface area (Å²) in [5.74, 6) is -0.324. The molecule has 1 aliphatic heterocycles. The Morgan fingerprint density at radius 3 is 2.34 bits per heavy atom. The summed E-state index contributed by atoms with van der Waals surface area (Å²) < 4.78 is 22.2. The zero-order chi connectivity index (χ0) is 27.2. The van der Waals surface area contributed by atoms with Crippen molar-refractivity contribution in [1.29, 1.82) is 0 Å². The summed E-state index contributed by atoms with van der Waals surface area (Å²) in [6.45, 7) is 2.61. The SMILES string of the molecule is COCCN1C(=O)C(=O)/C(=C(/O)c2ccc(OCc3ccccc3)c(C)c2)C1c1cccc(OC)c1OC. The highest BCUT2D eigenvalue weighted by molar-refractivity contribution is 6.46. The number of methoxy groups -OCH3 is 3.